The molecule has 0 aromatic heterocycles. The standard InChI is InChI=1S/C24H48N2O5/c1-7-9-11-21(29)25(13-15-27)17-23(3,4)19-31-20-24(5,6)18-26(14-16-28)22(30)12-10-8-2/h27-28H,7-20H2,1-6H3. The van der Waals surface area contributed by atoms with Gasteiger partial charge in [0.1, 0.15) is 0 Å². The molecule has 0 saturated heterocycles. The molecule has 0 aliphatic carbocycles. The fourth-order valence-electron chi connectivity index (χ4n) is 3.53. The van der Waals surface area contributed by atoms with E-state index in [0.29, 0.717) is 52.2 Å². The summed E-state index contributed by atoms with van der Waals surface area (Å²) in [4.78, 5) is 28.4. The van der Waals surface area contributed by atoms with Gasteiger partial charge in [-0.05, 0) is 12.8 Å². The second-order valence-corrected chi connectivity index (χ2v) is 10.1. The highest BCUT2D eigenvalue weighted by atomic mass is 16.5. The van der Waals surface area contributed by atoms with Crippen molar-refractivity contribution in [3.05, 3.63) is 0 Å². The van der Waals surface area contributed by atoms with E-state index in [1.807, 2.05) is 0 Å². The molecule has 2 amide bonds. The third kappa shape index (κ3) is 13.8. The minimum Gasteiger partial charge on any atom is -0.395 e. The number of hydrogen-bond acceptors (Lipinski definition) is 5. The van der Waals surface area contributed by atoms with Gasteiger partial charge >= 0.3 is 0 Å². The molecule has 0 aliphatic heterocycles. The highest BCUT2D eigenvalue weighted by Crippen LogP contribution is 2.23. The summed E-state index contributed by atoms with van der Waals surface area (Å²) in [7, 11) is 0. The summed E-state index contributed by atoms with van der Waals surface area (Å²) in [5, 5.41) is 18.7. The molecule has 7 heteroatoms. The second-order valence-electron chi connectivity index (χ2n) is 10.1. The predicted molar refractivity (Wildman–Crippen MR) is 125 cm³/mol. The van der Waals surface area contributed by atoms with Gasteiger partial charge in [0.05, 0.1) is 26.4 Å². The minimum atomic E-state index is -0.255. The van der Waals surface area contributed by atoms with Crippen LogP contribution in [0.4, 0.5) is 0 Å². The highest BCUT2D eigenvalue weighted by molar-refractivity contribution is 5.76. The number of amides is 2. The maximum atomic E-state index is 12.4. The predicted octanol–water partition coefficient (Wildman–Crippen LogP) is 3.08. The third-order valence-electron chi connectivity index (χ3n) is 5.16. The summed E-state index contributed by atoms with van der Waals surface area (Å²) in [5.41, 5.74) is -0.510. The lowest BCUT2D eigenvalue weighted by Gasteiger charge is -2.35. The lowest BCUT2D eigenvalue weighted by molar-refractivity contribution is -0.134. The first kappa shape index (κ1) is 29.8. The number of nitrogens with zero attached hydrogens (tertiary/aromatic N) is 2. The van der Waals surface area contributed by atoms with Crippen LogP contribution in [0, 0.1) is 10.8 Å². The van der Waals surface area contributed by atoms with Gasteiger partial charge in [0.2, 0.25) is 11.8 Å². The SMILES string of the molecule is CCCCC(=O)N(CCO)CC(C)(C)COCC(C)(C)CN(CCO)C(=O)CCCC. The molecule has 0 saturated carbocycles. The van der Waals surface area contributed by atoms with Gasteiger partial charge in [-0.1, -0.05) is 54.4 Å². The molecule has 184 valence electrons. The van der Waals surface area contributed by atoms with Crippen LogP contribution in [0.15, 0.2) is 0 Å². The quantitative estimate of drug-likeness (QED) is 0.339. The Bertz CT molecular complexity index is 464. The largest absolute Gasteiger partial charge is 0.395 e. The van der Waals surface area contributed by atoms with E-state index >= 15 is 0 Å². The molecule has 0 aromatic carbocycles. The molecule has 0 bridgehead atoms. The summed E-state index contributed by atoms with van der Waals surface area (Å²) >= 11 is 0. The summed E-state index contributed by atoms with van der Waals surface area (Å²) in [5.74, 6) is 0.157. The minimum absolute atomic E-state index is 0.0470. The number of carbonyl (C=O) groups excluding carboxylic acids is 2. The first-order valence-corrected chi connectivity index (χ1v) is 11.9. The number of hydrogen-bond donors (Lipinski definition) is 2. The van der Waals surface area contributed by atoms with Crippen LogP contribution in [-0.2, 0) is 14.3 Å². The molecular formula is C24H48N2O5. The van der Waals surface area contributed by atoms with Crippen LogP contribution in [0.3, 0.4) is 0 Å². The van der Waals surface area contributed by atoms with Crippen LogP contribution in [0.1, 0.15) is 80.1 Å². The molecule has 0 radical (unpaired) electrons. The Kier molecular flexibility index (Phi) is 15.0. The van der Waals surface area contributed by atoms with Gasteiger partial charge in [-0.2, -0.15) is 0 Å². The Hall–Kier alpha value is -1.18. The number of aliphatic hydroxyl groups excluding tert-OH is 2. The Morgan fingerprint density at radius 3 is 1.39 bits per heavy atom. The summed E-state index contributed by atoms with van der Waals surface area (Å²) < 4.78 is 6.04. The van der Waals surface area contributed by atoms with E-state index in [1.165, 1.54) is 0 Å². The van der Waals surface area contributed by atoms with Crippen LogP contribution in [-0.4, -0.2) is 84.4 Å². The Morgan fingerprint density at radius 2 is 1.10 bits per heavy atom. The van der Waals surface area contributed by atoms with Gasteiger partial charge in [-0.25, -0.2) is 0 Å². The van der Waals surface area contributed by atoms with Crippen molar-refractivity contribution in [3.63, 3.8) is 0 Å². The number of unbranched alkanes of at least 4 members (excludes halogenated alkanes) is 2. The molecule has 0 atom stereocenters. The lowest BCUT2D eigenvalue weighted by Crippen LogP contribution is -2.44. The van der Waals surface area contributed by atoms with Gasteiger partial charge in [0.25, 0.3) is 0 Å². The van der Waals surface area contributed by atoms with E-state index < -0.39 is 0 Å². The van der Waals surface area contributed by atoms with Crippen molar-refractivity contribution < 1.29 is 24.5 Å². The highest BCUT2D eigenvalue weighted by Gasteiger charge is 2.28. The molecule has 0 spiro atoms. The zero-order valence-electron chi connectivity index (χ0n) is 20.9. The Labute approximate surface area is 190 Å². The van der Waals surface area contributed by atoms with E-state index in [9.17, 15) is 19.8 Å². The van der Waals surface area contributed by atoms with Gasteiger partial charge < -0.3 is 24.7 Å². The van der Waals surface area contributed by atoms with Crippen LogP contribution < -0.4 is 0 Å². The average Bonchev–Trinajstić information content (AvgIpc) is 2.68. The van der Waals surface area contributed by atoms with E-state index in [2.05, 4.69) is 41.5 Å². The number of rotatable bonds is 18. The molecule has 0 aromatic rings. The van der Waals surface area contributed by atoms with Gasteiger partial charge in [-0.15, -0.1) is 0 Å². The fourth-order valence-corrected chi connectivity index (χ4v) is 3.53. The van der Waals surface area contributed by atoms with Crippen molar-refractivity contribution >= 4 is 11.8 Å². The molecule has 0 unspecified atom stereocenters. The maximum Gasteiger partial charge on any atom is 0.222 e. The van der Waals surface area contributed by atoms with Crippen molar-refractivity contribution in [1.29, 1.82) is 0 Å². The Balaban J connectivity index is 4.76. The van der Waals surface area contributed by atoms with Gasteiger partial charge in [0.15, 0.2) is 0 Å². The summed E-state index contributed by atoms with van der Waals surface area (Å²) in [6.45, 7) is 15.0. The molecular weight excluding hydrogens is 396 g/mol. The normalized spacial score (nSPS) is 12.1. The third-order valence-corrected chi connectivity index (χ3v) is 5.16. The van der Waals surface area contributed by atoms with E-state index in [0.717, 1.165) is 25.7 Å². The molecule has 31 heavy (non-hydrogen) atoms. The molecule has 2 N–H and O–H groups in total. The van der Waals surface area contributed by atoms with Crippen molar-refractivity contribution in [2.75, 3.05) is 52.6 Å². The smallest absolute Gasteiger partial charge is 0.222 e. The topological polar surface area (TPSA) is 90.3 Å². The number of carbonyl (C=O) groups is 2. The van der Waals surface area contributed by atoms with Crippen molar-refractivity contribution in [2.24, 2.45) is 10.8 Å². The Morgan fingerprint density at radius 1 is 0.742 bits per heavy atom. The summed E-state index contributed by atoms with van der Waals surface area (Å²) in [6, 6.07) is 0. The number of aliphatic hydroxyl groups is 2. The monoisotopic (exact) mass is 444 g/mol. The van der Waals surface area contributed by atoms with Crippen LogP contribution in [0.5, 0.6) is 0 Å². The van der Waals surface area contributed by atoms with Crippen LogP contribution >= 0.6 is 0 Å². The molecule has 7 nitrogen and oxygen atoms in total. The molecule has 0 rings (SSSR count). The second kappa shape index (κ2) is 15.6. The van der Waals surface area contributed by atoms with E-state index in [-0.39, 0.29) is 35.9 Å². The zero-order valence-corrected chi connectivity index (χ0v) is 20.9. The van der Waals surface area contributed by atoms with Crippen molar-refractivity contribution in [1.82, 2.24) is 9.80 Å². The molecule has 0 heterocycles. The zero-order chi connectivity index (χ0) is 23.9. The first-order valence-electron chi connectivity index (χ1n) is 11.9. The van der Waals surface area contributed by atoms with E-state index in [4.69, 9.17) is 4.74 Å². The summed E-state index contributed by atoms with van der Waals surface area (Å²) in [6.07, 6.45) is 4.66. The van der Waals surface area contributed by atoms with Crippen LogP contribution in [0.25, 0.3) is 0 Å². The van der Waals surface area contributed by atoms with Gasteiger partial charge in [0, 0.05) is 49.9 Å². The van der Waals surface area contributed by atoms with Crippen molar-refractivity contribution in [2.45, 2.75) is 80.1 Å². The maximum absolute atomic E-state index is 12.4. The average molecular weight is 445 g/mol. The first-order chi connectivity index (χ1) is 14.5. The number of ether oxygens (including phenoxy) is 1. The van der Waals surface area contributed by atoms with Crippen molar-refractivity contribution in [3.8, 4) is 0 Å². The van der Waals surface area contributed by atoms with Gasteiger partial charge in [-0.3, -0.25) is 9.59 Å². The fraction of sp³-hybridized carbons (Fsp3) is 0.917. The lowest BCUT2D eigenvalue weighted by atomic mass is 9.92. The molecule has 0 aliphatic rings. The molecule has 0 fully saturated rings. The van der Waals surface area contributed by atoms with E-state index in [1.54, 1.807) is 9.80 Å². The van der Waals surface area contributed by atoms with Crippen LogP contribution in [0.2, 0.25) is 0 Å².